The standard InChI is InChI=1S/C28H22ClNO4/c1-15(2)34-27(33)16-8-7-9-17(14-16)30-25(31)23-22-18-10-3-5-12-20(18)28(29,24(23)26(30)32)21-13-6-4-11-19(21)22/h3-15,22-24H,1-2H3/t22?,23-,24+,28?/m0/s1. The molecule has 3 aliphatic carbocycles. The van der Waals surface area contributed by atoms with Gasteiger partial charge in [-0.3, -0.25) is 9.59 Å². The van der Waals surface area contributed by atoms with Crippen molar-refractivity contribution >= 4 is 35.1 Å². The maximum absolute atomic E-state index is 13.9. The van der Waals surface area contributed by atoms with E-state index in [9.17, 15) is 14.4 Å². The summed E-state index contributed by atoms with van der Waals surface area (Å²) in [7, 11) is 0. The Morgan fingerprint density at radius 1 is 0.912 bits per heavy atom. The summed E-state index contributed by atoms with van der Waals surface area (Å²) in [6, 6.07) is 22.2. The second kappa shape index (κ2) is 7.28. The van der Waals surface area contributed by atoms with Crippen LogP contribution < -0.4 is 4.90 Å². The lowest BCUT2D eigenvalue weighted by Gasteiger charge is -2.50. The highest BCUT2D eigenvalue weighted by Crippen LogP contribution is 2.65. The number of hydrogen-bond acceptors (Lipinski definition) is 4. The van der Waals surface area contributed by atoms with Gasteiger partial charge in [-0.05, 0) is 54.3 Å². The number of nitrogens with zero attached hydrogens (tertiary/aromatic N) is 1. The first kappa shape index (κ1) is 21.1. The van der Waals surface area contributed by atoms with E-state index in [0.29, 0.717) is 5.69 Å². The Morgan fingerprint density at radius 3 is 2.15 bits per heavy atom. The van der Waals surface area contributed by atoms with Gasteiger partial charge in [-0.1, -0.05) is 54.6 Å². The van der Waals surface area contributed by atoms with E-state index in [1.807, 2.05) is 48.5 Å². The summed E-state index contributed by atoms with van der Waals surface area (Å²) in [5.41, 5.74) is 4.41. The van der Waals surface area contributed by atoms with Crippen molar-refractivity contribution in [3.05, 3.63) is 101 Å². The minimum Gasteiger partial charge on any atom is -0.459 e. The van der Waals surface area contributed by atoms with Crippen LogP contribution in [0.3, 0.4) is 0 Å². The molecule has 0 radical (unpaired) electrons. The average molecular weight is 472 g/mol. The molecule has 3 aromatic carbocycles. The third-order valence-electron chi connectivity index (χ3n) is 7.20. The van der Waals surface area contributed by atoms with E-state index in [-0.39, 0.29) is 29.4 Å². The van der Waals surface area contributed by atoms with Crippen LogP contribution in [0.4, 0.5) is 5.69 Å². The molecule has 0 aromatic heterocycles. The van der Waals surface area contributed by atoms with Gasteiger partial charge in [0.05, 0.1) is 29.2 Å². The lowest BCUT2D eigenvalue weighted by molar-refractivity contribution is -0.122. The van der Waals surface area contributed by atoms with Crippen molar-refractivity contribution in [3.8, 4) is 0 Å². The molecule has 1 aliphatic heterocycles. The molecule has 0 spiro atoms. The Balaban J connectivity index is 1.49. The van der Waals surface area contributed by atoms with E-state index in [1.54, 1.807) is 38.1 Å². The number of amides is 2. The molecule has 6 heteroatoms. The predicted molar refractivity (Wildman–Crippen MR) is 128 cm³/mol. The topological polar surface area (TPSA) is 63.7 Å². The van der Waals surface area contributed by atoms with E-state index < -0.39 is 22.7 Å². The van der Waals surface area contributed by atoms with Crippen molar-refractivity contribution in [2.45, 2.75) is 30.7 Å². The Kier molecular flexibility index (Phi) is 4.52. The molecule has 2 amide bonds. The zero-order valence-electron chi connectivity index (χ0n) is 18.7. The number of ether oxygens (including phenoxy) is 1. The third-order valence-corrected chi connectivity index (χ3v) is 7.84. The monoisotopic (exact) mass is 471 g/mol. The van der Waals surface area contributed by atoms with Crippen LogP contribution in [0.25, 0.3) is 0 Å². The third kappa shape index (κ3) is 2.65. The number of halogens is 1. The number of carbonyl (C=O) groups is 3. The van der Waals surface area contributed by atoms with E-state index in [4.69, 9.17) is 16.3 Å². The molecule has 2 bridgehead atoms. The minimum atomic E-state index is -1.14. The molecule has 0 unspecified atom stereocenters. The molecule has 34 heavy (non-hydrogen) atoms. The van der Waals surface area contributed by atoms with Gasteiger partial charge in [0.15, 0.2) is 0 Å². The molecule has 170 valence electrons. The number of alkyl halides is 1. The second-order valence-corrected chi connectivity index (χ2v) is 9.98. The van der Waals surface area contributed by atoms with Gasteiger partial charge in [0.25, 0.3) is 0 Å². The summed E-state index contributed by atoms with van der Waals surface area (Å²) in [5.74, 6) is -2.73. The van der Waals surface area contributed by atoms with Gasteiger partial charge in [0.2, 0.25) is 11.8 Å². The van der Waals surface area contributed by atoms with Crippen LogP contribution in [0.1, 0.15) is 52.4 Å². The fourth-order valence-corrected chi connectivity index (χ4v) is 6.56. The van der Waals surface area contributed by atoms with E-state index in [1.165, 1.54) is 4.90 Å². The van der Waals surface area contributed by atoms with Gasteiger partial charge in [-0.15, -0.1) is 11.6 Å². The first-order chi connectivity index (χ1) is 16.3. The summed E-state index contributed by atoms with van der Waals surface area (Å²) in [5, 5.41) is 0. The molecule has 1 heterocycles. The number of anilines is 1. The Morgan fingerprint density at radius 2 is 1.53 bits per heavy atom. The van der Waals surface area contributed by atoms with Gasteiger partial charge in [-0.25, -0.2) is 9.69 Å². The second-order valence-electron chi connectivity index (χ2n) is 9.38. The fourth-order valence-electron chi connectivity index (χ4n) is 5.99. The lowest BCUT2D eigenvalue weighted by atomic mass is 9.54. The molecular weight excluding hydrogens is 450 g/mol. The minimum absolute atomic E-state index is 0.256. The predicted octanol–water partition coefficient (Wildman–Crippen LogP) is 5.00. The molecule has 0 N–H and O–H groups in total. The van der Waals surface area contributed by atoms with E-state index in [0.717, 1.165) is 22.3 Å². The molecule has 0 saturated carbocycles. The van der Waals surface area contributed by atoms with Crippen LogP contribution in [-0.2, 0) is 19.2 Å². The normalized spacial score (nSPS) is 26.4. The molecule has 2 atom stereocenters. The largest absolute Gasteiger partial charge is 0.459 e. The van der Waals surface area contributed by atoms with Gasteiger partial charge in [0.1, 0.15) is 4.87 Å². The number of carbonyl (C=O) groups excluding carboxylic acids is 3. The summed E-state index contributed by atoms with van der Waals surface area (Å²) >= 11 is 7.44. The smallest absolute Gasteiger partial charge is 0.338 e. The molecule has 5 nitrogen and oxygen atoms in total. The zero-order chi connectivity index (χ0) is 23.8. The van der Waals surface area contributed by atoms with Gasteiger partial charge in [0, 0.05) is 5.92 Å². The number of rotatable bonds is 3. The number of benzene rings is 3. The Hall–Kier alpha value is -3.44. The number of hydrogen-bond donors (Lipinski definition) is 0. The quantitative estimate of drug-likeness (QED) is 0.306. The molecule has 1 saturated heterocycles. The van der Waals surface area contributed by atoms with Crippen LogP contribution in [0.15, 0.2) is 72.8 Å². The summed E-state index contributed by atoms with van der Waals surface area (Å²) < 4.78 is 5.30. The maximum atomic E-state index is 13.9. The van der Waals surface area contributed by atoms with Gasteiger partial charge in [-0.2, -0.15) is 0 Å². The fraction of sp³-hybridized carbons (Fsp3) is 0.250. The van der Waals surface area contributed by atoms with Crippen LogP contribution in [-0.4, -0.2) is 23.9 Å². The van der Waals surface area contributed by atoms with Crippen LogP contribution in [0.2, 0.25) is 0 Å². The van der Waals surface area contributed by atoms with Gasteiger partial charge >= 0.3 is 5.97 Å². The van der Waals surface area contributed by atoms with Crippen molar-refractivity contribution in [2.75, 3.05) is 4.90 Å². The highest BCUT2D eigenvalue weighted by molar-refractivity contribution is 6.33. The summed E-state index contributed by atoms with van der Waals surface area (Å²) in [6.07, 6.45) is -0.280. The summed E-state index contributed by atoms with van der Waals surface area (Å²) in [4.78, 5) is 40.4. The highest BCUT2D eigenvalue weighted by Gasteiger charge is 2.68. The molecule has 4 aliphatic rings. The van der Waals surface area contributed by atoms with Crippen molar-refractivity contribution in [3.63, 3.8) is 0 Å². The molecule has 3 aromatic rings. The van der Waals surface area contributed by atoms with Gasteiger partial charge < -0.3 is 4.74 Å². The first-order valence-corrected chi connectivity index (χ1v) is 11.8. The molecule has 7 rings (SSSR count). The van der Waals surface area contributed by atoms with E-state index >= 15 is 0 Å². The van der Waals surface area contributed by atoms with Crippen LogP contribution in [0, 0.1) is 11.8 Å². The van der Waals surface area contributed by atoms with E-state index in [2.05, 4.69) is 0 Å². The van der Waals surface area contributed by atoms with Crippen molar-refractivity contribution in [1.29, 1.82) is 0 Å². The molecule has 1 fully saturated rings. The SMILES string of the molecule is CC(C)OC(=O)c1cccc(N2C(=O)[C@H]3C4c5ccccc5C(Cl)(c5ccccc54)[C@H]3C2=O)c1. The first-order valence-electron chi connectivity index (χ1n) is 11.4. The average Bonchev–Trinajstić information content (AvgIpc) is 3.10. The zero-order valence-corrected chi connectivity index (χ0v) is 19.5. The molecular formula is C28H22ClNO4. The Labute approximate surface area is 202 Å². The maximum Gasteiger partial charge on any atom is 0.338 e. The van der Waals surface area contributed by atoms with Crippen molar-refractivity contribution < 1.29 is 19.1 Å². The van der Waals surface area contributed by atoms with Crippen LogP contribution >= 0.6 is 11.6 Å². The number of esters is 1. The highest BCUT2D eigenvalue weighted by atomic mass is 35.5. The Bertz CT molecular complexity index is 1330. The lowest BCUT2D eigenvalue weighted by Crippen LogP contribution is -2.50. The van der Waals surface area contributed by atoms with Crippen molar-refractivity contribution in [2.24, 2.45) is 11.8 Å². The summed E-state index contributed by atoms with van der Waals surface area (Å²) in [6.45, 7) is 3.54. The number of imide groups is 1. The van der Waals surface area contributed by atoms with Crippen LogP contribution in [0.5, 0.6) is 0 Å². The van der Waals surface area contributed by atoms with Crippen molar-refractivity contribution in [1.82, 2.24) is 0 Å².